The molecule has 192 valence electrons. The number of carbonyl (C=O) groups is 2. The molecule has 0 aliphatic heterocycles. The number of rotatable bonds is 10. The number of benzene rings is 2. The average molecular weight is 501 g/mol. The Labute approximate surface area is 216 Å². The summed E-state index contributed by atoms with van der Waals surface area (Å²) in [6.07, 6.45) is 4.32. The van der Waals surface area contributed by atoms with Gasteiger partial charge in [0.25, 0.3) is 0 Å². The zero-order chi connectivity index (χ0) is 26.7. The summed E-state index contributed by atoms with van der Waals surface area (Å²) in [6.45, 7) is 7.97. The molecular formula is C30H32N2O5. The van der Waals surface area contributed by atoms with Gasteiger partial charge in [0, 0.05) is 22.2 Å². The van der Waals surface area contributed by atoms with Gasteiger partial charge in [0.15, 0.2) is 0 Å². The van der Waals surface area contributed by atoms with Crippen LogP contribution in [-0.2, 0) is 25.7 Å². The van der Waals surface area contributed by atoms with Gasteiger partial charge in [-0.2, -0.15) is 0 Å². The molecule has 0 radical (unpaired) electrons. The Morgan fingerprint density at radius 1 is 0.703 bits per heavy atom. The number of carboxylic acids is 2. The van der Waals surface area contributed by atoms with Crippen molar-refractivity contribution in [2.24, 2.45) is 0 Å². The molecule has 7 heteroatoms. The van der Waals surface area contributed by atoms with Crippen molar-refractivity contribution in [1.29, 1.82) is 0 Å². The lowest BCUT2D eigenvalue weighted by Gasteiger charge is -2.16. The molecule has 0 amide bonds. The number of aromatic carboxylic acids is 2. The first-order valence-electron chi connectivity index (χ1n) is 12.9. The maximum Gasteiger partial charge on any atom is 0.336 e. The fourth-order valence-corrected chi connectivity index (χ4v) is 5.07. The number of aryl methyl sites for hydroxylation is 2. The summed E-state index contributed by atoms with van der Waals surface area (Å²) in [5.74, 6) is -1.08. The largest absolute Gasteiger partial charge is 0.478 e. The van der Waals surface area contributed by atoms with Crippen LogP contribution in [0.5, 0.6) is 11.5 Å². The highest BCUT2D eigenvalue weighted by molar-refractivity contribution is 6.05. The van der Waals surface area contributed by atoms with Crippen LogP contribution in [0.15, 0.2) is 36.4 Å². The molecule has 0 bridgehead atoms. The summed E-state index contributed by atoms with van der Waals surface area (Å²) in [5, 5.41) is 21.1. The second kappa shape index (κ2) is 10.9. The first-order chi connectivity index (χ1) is 17.8. The van der Waals surface area contributed by atoms with Gasteiger partial charge in [-0.15, -0.1) is 0 Å². The maximum absolute atomic E-state index is 12.3. The summed E-state index contributed by atoms with van der Waals surface area (Å²) in [4.78, 5) is 34.0. The van der Waals surface area contributed by atoms with Crippen LogP contribution in [-0.4, -0.2) is 32.1 Å². The summed E-state index contributed by atoms with van der Waals surface area (Å²) in [6, 6.07) is 10.4. The molecule has 2 N–H and O–H groups in total. The van der Waals surface area contributed by atoms with Crippen LogP contribution in [0, 0.1) is 0 Å². The smallest absolute Gasteiger partial charge is 0.336 e. The summed E-state index contributed by atoms with van der Waals surface area (Å²) in [5.41, 5.74) is 4.87. The Hall–Kier alpha value is -4.00. The molecular weight excluding hydrogens is 468 g/mol. The van der Waals surface area contributed by atoms with Crippen molar-refractivity contribution in [2.45, 2.75) is 66.2 Å². The maximum atomic E-state index is 12.3. The first-order valence-corrected chi connectivity index (χ1v) is 12.9. The van der Waals surface area contributed by atoms with Gasteiger partial charge in [-0.05, 0) is 73.2 Å². The lowest BCUT2D eigenvalue weighted by Crippen LogP contribution is -2.09. The van der Waals surface area contributed by atoms with Gasteiger partial charge in [-0.1, -0.05) is 40.5 Å². The van der Waals surface area contributed by atoms with Crippen LogP contribution in [0.25, 0.3) is 21.8 Å². The number of nitrogens with zero attached hydrogens (tertiary/aromatic N) is 2. The van der Waals surface area contributed by atoms with E-state index in [1.807, 2.05) is 27.7 Å². The van der Waals surface area contributed by atoms with Gasteiger partial charge >= 0.3 is 11.9 Å². The molecule has 0 spiro atoms. The topological polar surface area (TPSA) is 110 Å². The Kier molecular flexibility index (Phi) is 7.71. The Bertz CT molecular complexity index is 1400. The predicted molar refractivity (Wildman–Crippen MR) is 144 cm³/mol. The minimum absolute atomic E-state index is 0.258. The van der Waals surface area contributed by atoms with Gasteiger partial charge in [-0.25, -0.2) is 9.59 Å². The zero-order valence-electron chi connectivity index (χ0n) is 21.7. The van der Waals surface area contributed by atoms with Gasteiger partial charge in [0.05, 0.1) is 22.2 Å². The standard InChI is InChI=1S/C30H32N2O5/c1-5-9-23-19(7-3)27(29(33)34)21-15-17(11-13-25(21)31-23)37-18-12-14-26-22(16-18)28(30(35)36)20(8-4)24(32-26)10-6-2/h11-16H,5-10H2,1-4H3,(H,33,34)(H,35,36). The SMILES string of the molecule is CCCc1nc2ccc(Oc3ccc4nc(CCC)c(CC)c(C(=O)O)c4c3)cc2c(C(=O)O)c1CC. The molecule has 2 heterocycles. The van der Waals surface area contributed by atoms with Crippen LogP contribution < -0.4 is 4.74 Å². The van der Waals surface area contributed by atoms with Crippen molar-refractivity contribution in [3.63, 3.8) is 0 Å². The molecule has 7 nitrogen and oxygen atoms in total. The van der Waals surface area contributed by atoms with Gasteiger partial charge < -0.3 is 14.9 Å². The van der Waals surface area contributed by atoms with Crippen molar-refractivity contribution in [3.05, 3.63) is 70.0 Å². The van der Waals surface area contributed by atoms with E-state index in [1.165, 1.54) is 0 Å². The number of ether oxygens (including phenoxy) is 1. The van der Waals surface area contributed by atoms with Crippen LogP contribution in [0.1, 0.15) is 83.8 Å². The predicted octanol–water partition coefficient (Wildman–Crippen LogP) is 7.00. The lowest BCUT2D eigenvalue weighted by atomic mass is 9.96. The number of pyridine rings is 2. The van der Waals surface area contributed by atoms with Crippen molar-refractivity contribution in [3.8, 4) is 11.5 Å². The van der Waals surface area contributed by atoms with E-state index in [0.29, 0.717) is 59.0 Å². The Balaban J connectivity index is 1.83. The molecule has 0 atom stereocenters. The monoisotopic (exact) mass is 500 g/mol. The number of hydrogen-bond acceptors (Lipinski definition) is 5. The molecule has 2 aromatic carbocycles. The minimum Gasteiger partial charge on any atom is -0.478 e. The molecule has 0 fully saturated rings. The van der Waals surface area contributed by atoms with Crippen molar-refractivity contribution in [1.82, 2.24) is 9.97 Å². The molecule has 0 saturated carbocycles. The third-order valence-electron chi connectivity index (χ3n) is 6.63. The second-order valence-corrected chi connectivity index (χ2v) is 9.10. The number of hydrogen-bond donors (Lipinski definition) is 2. The van der Waals surface area contributed by atoms with E-state index in [2.05, 4.69) is 0 Å². The molecule has 4 rings (SSSR count). The van der Waals surface area contributed by atoms with E-state index >= 15 is 0 Å². The third-order valence-corrected chi connectivity index (χ3v) is 6.63. The Morgan fingerprint density at radius 2 is 1.11 bits per heavy atom. The van der Waals surface area contributed by atoms with Gasteiger partial charge in [0.1, 0.15) is 11.5 Å². The van der Waals surface area contributed by atoms with Crippen LogP contribution in [0.3, 0.4) is 0 Å². The molecule has 0 aliphatic carbocycles. The fourth-order valence-electron chi connectivity index (χ4n) is 5.07. The van der Waals surface area contributed by atoms with Gasteiger partial charge in [0.2, 0.25) is 0 Å². The van der Waals surface area contributed by atoms with Gasteiger partial charge in [-0.3, -0.25) is 9.97 Å². The minimum atomic E-state index is -0.989. The second-order valence-electron chi connectivity index (χ2n) is 9.10. The molecule has 4 aromatic rings. The van der Waals surface area contributed by atoms with E-state index in [0.717, 1.165) is 35.4 Å². The summed E-state index contributed by atoms with van der Waals surface area (Å²) >= 11 is 0. The highest BCUT2D eigenvalue weighted by Gasteiger charge is 2.21. The van der Waals surface area contributed by atoms with E-state index in [9.17, 15) is 19.8 Å². The number of fused-ring (bicyclic) bond motifs is 2. The highest BCUT2D eigenvalue weighted by atomic mass is 16.5. The quantitative estimate of drug-likeness (QED) is 0.241. The molecule has 0 aliphatic rings. The summed E-state index contributed by atoms with van der Waals surface area (Å²) in [7, 11) is 0. The zero-order valence-corrected chi connectivity index (χ0v) is 21.7. The number of carboxylic acid groups (broad SMARTS) is 2. The van der Waals surface area contributed by atoms with E-state index in [1.54, 1.807) is 36.4 Å². The number of aromatic nitrogens is 2. The fraction of sp³-hybridized carbons (Fsp3) is 0.333. The van der Waals surface area contributed by atoms with E-state index in [4.69, 9.17) is 14.7 Å². The molecule has 0 saturated heterocycles. The van der Waals surface area contributed by atoms with Crippen LogP contribution in [0.2, 0.25) is 0 Å². The third kappa shape index (κ3) is 4.99. The molecule has 37 heavy (non-hydrogen) atoms. The Morgan fingerprint density at radius 3 is 1.43 bits per heavy atom. The first kappa shape index (κ1) is 26.1. The van der Waals surface area contributed by atoms with E-state index < -0.39 is 11.9 Å². The van der Waals surface area contributed by atoms with Crippen LogP contribution in [0.4, 0.5) is 0 Å². The lowest BCUT2D eigenvalue weighted by molar-refractivity contribution is 0.0686. The molecule has 2 aromatic heterocycles. The van der Waals surface area contributed by atoms with Crippen molar-refractivity contribution >= 4 is 33.7 Å². The average Bonchev–Trinajstić information content (AvgIpc) is 2.87. The van der Waals surface area contributed by atoms with Crippen molar-refractivity contribution in [2.75, 3.05) is 0 Å². The summed E-state index contributed by atoms with van der Waals surface area (Å²) < 4.78 is 6.13. The highest BCUT2D eigenvalue weighted by Crippen LogP contribution is 2.33. The molecule has 0 unspecified atom stereocenters. The van der Waals surface area contributed by atoms with E-state index in [-0.39, 0.29) is 11.1 Å². The van der Waals surface area contributed by atoms with Crippen LogP contribution >= 0.6 is 0 Å². The normalized spacial score (nSPS) is 11.2. The van der Waals surface area contributed by atoms with Crippen molar-refractivity contribution < 1.29 is 24.5 Å².